The van der Waals surface area contributed by atoms with Crippen LogP contribution in [0.15, 0.2) is 47.8 Å². The molecule has 0 spiro atoms. The summed E-state index contributed by atoms with van der Waals surface area (Å²) in [5.74, 6) is -0.262. The van der Waals surface area contributed by atoms with Crippen LogP contribution in [-0.2, 0) is 17.9 Å². The van der Waals surface area contributed by atoms with Crippen molar-refractivity contribution in [3.8, 4) is 0 Å². The van der Waals surface area contributed by atoms with E-state index in [1.54, 1.807) is 36.8 Å². The molecule has 118 valence electrons. The second kappa shape index (κ2) is 6.82. The molecule has 2 heterocycles. The number of nitrogens with one attached hydrogen (secondary N) is 1. The number of nitrogens with zero attached hydrogens (tertiary/aromatic N) is 5. The molecular weight excluding hydrogens is 296 g/mol. The van der Waals surface area contributed by atoms with E-state index >= 15 is 0 Å². The number of imidazole rings is 1. The zero-order chi connectivity index (χ0) is 16.1. The fourth-order valence-corrected chi connectivity index (χ4v) is 2.23. The van der Waals surface area contributed by atoms with Crippen LogP contribution in [0.1, 0.15) is 6.42 Å². The summed E-state index contributed by atoms with van der Waals surface area (Å²) in [4.78, 5) is 28.1. The predicted molar refractivity (Wildman–Crippen MR) is 83.7 cm³/mol. The molecule has 0 unspecified atom stereocenters. The summed E-state index contributed by atoms with van der Waals surface area (Å²) < 4.78 is 3.01. The molecule has 8 heteroatoms. The Balaban J connectivity index is 1.55. The van der Waals surface area contributed by atoms with Gasteiger partial charge in [0.15, 0.2) is 0 Å². The Morgan fingerprint density at radius 1 is 1.26 bits per heavy atom. The van der Waals surface area contributed by atoms with Gasteiger partial charge in [0, 0.05) is 25.5 Å². The van der Waals surface area contributed by atoms with Gasteiger partial charge in [-0.15, -0.1) is 5.10 Å². The lowest BCUT2D eigenvalue weighted by Gasteiger charge is -2.07. The summed E-state index contributed by atoms with van der Waals surface area (Å²) in [5, 5.41) is 11.0. The minimum absolute atomic E-state index is 0.137. The standard InChI is InChI=1S/C15H16N6O2/c22-14(17-6-3-8-20-9-7-16-11-20)10-21-15(23)12-4-1-2-5-13(12)18-19-21/h1-2,4-5,7,9,11H,3,6,8,10H2,(H,17,22). The van der Waals surface area contributed by atoms with E-state index in [2.05, 4.69) is 20.6 Å². The van der Waals surface area contributed by atoms with E-state index in [9.17, 15) is 9.59 Å². The van der Waals surface area contributed by atoms with Crippen LogP contribution in [0.3, 0.4) is 0 Å². The number of benzene rings is 1. The summed E-state index contributed by atoms with van der Waals surface area (Å²) >= 11 is 0. The second-order valence-corrected chi connectivity index (χ2v) is 5.07. The molecule has 1 amide bonds. The molecule has 0 radical (unpaired) electrons. The smallest absolute Gasteiger partial charge is 0.278 e. The maximum absolute atomic E-state index is 12.2. The van der Waals surface area contributed by atoms with Crippen LogP contribution in [0.4, 0.5) is 0 Å². The Morgan fingerprint density at radius 3 is 2.96 bits per heavy atom. The van der Waals surface area contributed by atoms with E-state index in [0.717, 1.165) is 17.6 Å². The number of carbonyl (C=O) groups is 1. The lowest BCUT2D eigenvalue weighted by Crippen LogP contribution is -2.34. The average Bonchev–Trinajstić information content (AvgIpc) is 3.08. The van der Waals surface area contributed by atoms with E-state index in [0.29, 0.717) is 17.4 Å². The highest BCUT2D eigenvalue weighted by molar-refractivity contribution is 5.78. The average molecular weight is 312 g/mol. The lowest BCUT2D eigenvalue weighted by atomic mass is 10.2. The minimum atomic E-state index is -0.316. The van der Waals surface area contributed by atoms with Gasteiger partial charge in [-0.3, -0.25) is 9.59 Å². The molecule has 0 saturated carbocycles. The molecule has 0 fully saturated rings. The Bertz CT molecular complexity index is 856. The summed E-state index contributed by atoms with van der Waals surface area (Å²) in [7, 11) is 0. The fraction of sp³-hybridized carbons (Fsp3) is 0.267. The first-order valence-corrected chi connectivity index (χ1v) is 7.29. The predicted octanol–water partition coefficient (Wildman–Crippen LogP) is 0.194. The van der Waals surface area contributed by atoms with Gasteiger partial charge in [0.1, 0.15) is 12.1 Å². The number of fused-ring (bicyclic) bond motifs is 1. The van der Waals surface area contributed by atoms with Crippen molar-refractivity contribution >= 4 is 16.8 Å². The molecule has 3 aromatic rings. The van der Waals surface area contributed by atoms with Crippen molar-refractivity contribution in [1.82, 2.24) is 29.9 Å². The van der Waals surface area contributed by atoms with Crippen molar-refractivity contribution < 1.29 is 4.79 Å². The molecule has 23 heavy (non-hydrogen) atoms. The van der Waals surface area contributed by atoms with Gasteiger partial charge in [0.25, 0.3) is 5.56 Å². The van der Waals surface area contributed by atoms with E-state index < -0.39 is 0 Å². The lowest BCUT2D eigenvalue weighted by molar-refractivity contribution is -0.121. The Hall–Kier alpha value is -3.03. The van der Waals surface area contributed by atoms with Gasteiger partial charge in [0.2, 0.25) is 5.91 Å². The molecule has 8 nitrogen and oxygen atoms in total. The first-order valence-electron chi connectivity index (χ1n) is 7.29. The molecule has 0 aliphatic carbocycles. The Kier molecular flexibility index (Phi) is 4.41. The number of rotatable bonds is 6. The van der Waals surface area contributed by atoms with Crippen LogP contribution >= 0.6 is 0 Å². The fourth-order valence-electron chi connectivity index (χ4n) is 2.23. The minimum Gasteiger partial charge on any atom is -0.354 e. The zero-order valence-electron chi connectivity index (χ0n) is 12.4. The normalized spacial score (nSPS) is 10.8. The zero-order valence-corrected chi connectivity index (χ0v) is 12.4. The number of hydrogen-bond donors (Lipinski definition) is 1. The van der Waals surface area contributed by atoms with Crippen LogP contribution in [0.25, 0.3) is 10.9 Å². The van der Waals surface area contributed by atoms with Crippen LogP contribution in [0.2, 0.25) is 0 Å². The maximum Gasteiger partial charge on any atom is 0.278 e. The largest absolute Gasteiger partial charge is 0.354 e. The SMILES string of the molecule is O=C(Cn1nnc2ccccc2c1=O)NCCCn1ccnc1. The Labute approximate surface area is 131 Å². The highest BCUT2D eigenvalue weighted by Gasteiger charge is 2.08. The van der Waals surface area contributed by atoms with Gasteiger partial charge in [0.05, 0.1) is 11.7 Å². The van der Waals surface area contributed by atoms with Crippen LogP contribution in [0, 0.1) is 0 Å². The number of carbonyl (C=O) groups excluding carboxylic acids is 1. The van der Waals surface area contributed by atoms with Gasteiger partial charge in [-0.2, -0.15) is 0 Å². The molecule has 1 aromatic carbocycles. The van der Waals surface area contributed by atoms with Gasteiger partial charge in [-0.1, -0.05) is 17.3 Å². The van der Waals surface area contributed by atoms with Crippen molar-refractivity contribution in [3.63, 3.8) is 0 Å². The Morgan fingerprint density at radius 2 is 2.13 bits per heavy atom. The van der Waals surface area contributed by atoms with Crippen molar-refractivity contribution in [2.45, 2.75) is 19.5 Å². The van der Waals surface area contributed by atoms with Crippen LogP contribution in [0.5, 0.6) is 0 Å². The third-order valence-electron chi connectivity index (χ3n) is 3.40. The van der Waals surface area contributed by atoms with Crippen molar-refractivity contribution in [2.24, 2.45) is 0 Å². The summed E-state index contributed by atoms with van der Waals surface area (Å²) in [6.45, 7) is 1.16. The van der Waals surface area contributed by atoms with Crippen molar-refractivity contribution in [2.75, 3.05) is 6.54 Å². The molecule has 1 N–H and O–H groups in total. The third-order valence-corrected chi connectivity index (χ3v) is 3.40. The molecule has 0 saturated heterocycles. The number of aryl methyl sites for hydroxylation is 1. The molecule has 0 bridgehead atoms. The van der Waals surface area contributed by atoms with Crippen molar-refractivity contribution in [1.29, 1.82) is 0 Å². The monoisotopic (exact) mass is 312 g/mol. The topological polar surface area (TPSA) is 94.7 Å². The number of amides is 1. The highest BCUT2D eigenvalue weighted by atomic mass is 16.2. The molecular formula is C15H16N6O2. The van der Waals surface area contributed by atoms with E-state index in [1.807, 2.05) is 10.8 Å². The van der Waals surface area contributed by atoms with Gasteiger partial charge < -0.3 is 9.88 Å². The highest BCUT2D eigenvalue weighted by Crippen LogP contribution is 2.03. The van der Waals surface area contributed by atoms with Crippen LogP contribution < -0.4 is 10.9 Å². The third kappa shape index (κ3) is 3.60. The number of aromatic nitrogens is 5. The first kappa shape index (κ1) is 14.9. The van der Waals surface area contributed by atoms with E-state index in [4.69, 9.17) is 0 Å². The molecule has 2 aromatic heterocycles. The van der Waals surface area contributed by atoms with E-state index in [1.165, 1.54) is 0 Å². The summed E-state index contributed by atoms with van der Waals surface area (Å²) in [6.07, 6.45) is 6.09. The molecule has 3 rings (SSSR count). The summed E-state index contributed by atoms with van der Waals surface area (Å²) in [5.41, 5.74) is 0.207. The quantitative estimate of drug-likeness (QED) is 0.656. The van der Waals surface area contributed by atoms with Crippen LogP contribution in [-0.4, -0.2) is 37.0 Å². The maximum atomic E-state index is 12.2. The summed E-state index contributed by atoms with van der Waals surface area (Å²) in [6, 6.07) is 6.93. The molecule has 0 aliphatic rings. The van der Waals surface area contributed by atoms with Gasteiger partial charge >= 0.3 is 0 Å². The number of hydrogen-bond acceptors (Lipinski definition) is 5. The second-order valence-electron chi connectivity index (χ2n) is 5.07. The van der Waals surface area contributed by atoms with Gasteiger partial charge in [-0.05, 0) is 18.6 Å². The molecule has 0 atom stereocenters. The van der Waals surface area contributed by atoms with E-state index in [-0.39, 0.29) is 18.0 Å². The van der Waals surface area contributed by atoms with Crippen molar-refractivity contribution in [3.05, 3.63) is 53.3 Å². The first-order chi connectivity index (χ1) is 11.2. The molecule has 0 aliphatic heterocycles. The van der Waals surface area contributed by atoms with Gasteiger partial charge in [-0.25, -0.2) is 9.67 Å².